The zero-order chi connectivity index (χ0) is 16.0. The lowest BCUT2D eigenvalue weighted by atomic mass is 9.82. The summed E-state index contributed by atoms with van der Waals surface area (Å²) >= 11 is 7.51. The predicted octanol–water partition coefficient (Wildman–Crippen LogP) is 3.79. The van der Waals surface area contributed by atoms with Gasteiger partial charge in [-0.1, -0.05) is 24.6 Å². The van der Waals surface area contributed by atoms with Gasteiger partial charge in [0, 0.05) is 16.8 Å². The third kappa shape index (κ3) is 2.40. The van der Waals surface area contributed by atoms with Crippen molar-refractivity contribution < 1.29 is 9.59 Å². The predicted molar refractivity (Wildman–Crippen MR) is 89.7 cm³/mol. The first kappa shape index (κ1) is 15.1. The van der Waals surface area contributed by atoms with Gasteiger partial charge in [0.2, 0.25) is 5.91 Å². The second-order valence-corrected chi connectivity index (χ2v) is 6.95. The molecule has 1 aliphatic rings. The Hall–Kier alpha value is -1.85. The fourth-order valence-corrected chi connectivity index (χ4v) is 4.45. The molecular formula is C16H15ClN2O2S. The molecule has 0 radical (unpaired) electrons. The number of rotatable bonds is 2. The number of benzene rings is 1. The first-order valence-corrected chi connectivity index (χ1v) is 8.10. The van der Waals surface area contributed by atoms with Crippen molar-refractivity contribution in [1.29, 1.82) is 0 Å². The molecule has 22 heavy (non-hydrogen) atoms. The monoisotopic (exact) mass is 334 g/mol. The molecule has 114 valence electrons. The SMILES string of the molecule is CC(=O)Nc1sc2c(c1C(N)=O)CC(C)c1ccc(Cl)cc1-2. The maximum atomic E-state index is 11.9. The molecule has 2 amide bonds. The number of carbonyl (C=O) groups excluding carboxylic acids is 2. The van der Waals surface area contributed by atoms with Crippen molar-refractivity contribution in [2.24, 2.45) is 5.73 Å². The second-order valence-electron chi connectivity index (χ2n) is 5.50. The molecule has 1 aliphatic carbocycles. The first-order chi connectivity index (χ1) is 10.4. The summed E-state index contributed by atoms with van der Waals surface area (Å²) in [6, 6.07) is 5.80. The molecule has 0 spiro atoms. The fourth-order valence-electron chi connectivity index (χ4n) is 2.96. The molecule has 1 heterocycles. The molecule has 4 nitrogen and oxygen atoms in total. The molecule has 2 aromatic rings. The van der Waals surface area contributed by atoms with Gasteiger partial charge in [0.15, 0.2) is 0 Å². The van der Waals surface area contributed by atoms with E-state index in [0.717, 1.165) is 22.4 Å². The van der Waals surface area contributed by atoms with Crippen LogP contribution < -0.4 is 11.1 Å². The van der Waals surface area contributed by atoms with E-state index in [2.05, 4.69) is 12.2 Å². The number of amides is 2. The molecule has 1 atom stereocenters. The van der Waals surface area contributed by atoms with E-state index in [0.29, 0.717) is 15.6 Å². The zero-order valence-electron chi connectivity index (χ0n) is 12.2. The van der Waals surface area contributed by atoms with Gasteiger partial charge in [-0.05, 0) is 41.2 Å². The Kier molecular flexibility index (Phi) is 3.70. The van der Waals surface area contributed by atoms with E-state index < -0.39 is 5.91 Å². The maximum absolute atomic E-state index is 11.9. The third-order valence-corrected chi connectivity index (χ3v) is 5.26. The Morgan fingerprint density at radius 1 is 1.41 bits per heavy atom. The first-order valence-electron chi connectivity index (χ1n) is 6.91. The molecule has 3 rings (SSSR count). The molecule has 3 N–H and O–H groups in total. The van der Waals surface area contributed by atoms with E-state index in [1.807, 2.05) is 18.2 Å². The summed E-state index contributed by atoms with van der Waals surface area (Å²) in [7, 11) is 0. The number of carbonyl (C=O) groups is 2. The number of fused-ring (bicyclic) bond motifs is 3. The highest BCUT2D eigenvalue weighted by Crippen LogP contribution is 2.48. The topological polar surface area (TPSA) is 72.2 Å². The van der Waals surface area contributed by atoms with Gasteiger partial charge in [0.25, 0.3) is 5.91 Å². The summed E-state index contributed by atoms with van der Waals surface area (Å²) in [4.78, 5) is 24.2. The van der Waals surface area contributed by atoms with Crippen LogP contribution in [-0.4, -0.2) is 11.8 Å². The summed E-state index contributed by atoms with van der Waals surface area (Å²) in [6.07, 6.45) is 0.721. The molecule has 0 bridgehead atoms. The Bertz CT molecular complexity index is 798. The van der Waals surface area contributed by atoms with Crippen LogP contribution in [0, 0.1) is 0 Å². The fraction of sp³-hybridized carbons (Fsp3) is 0.250. The molecule has 1 unspecified atom stereocenters. The molecular weight excluding hydrogens is 320 g/mol. The molecule has 1 aromatic heterocycles. The Labute approximate surface area is 137 Å². The maximum Gasteiger partial charge on any atom is 0.252 e. The number of hydrogen-bond donors (Lipinski definition) is 2. The van der Waals surface area contributed by atoms with Gasteiger partial charge in [-0.25, -0.2) is 0 Å². The average Bonchev–Trinajstić information content (AvgIpc) is 2.76. The summed E-state index contributed by atoms with van der Waals surface area (Å²) in [5.41, 5.74) is 9.09. The number of primary amides is 1. The van der Waals surface area contributed by atoms with E-state index in [4.69, 9.17) is 17.3 Å². The standard InChI is InChI=1S/C16H15ClN2O2S/c1-7-5-12-13(15(18)21)16(19-8(2)20)22-14(12)11-6-9(17)3-4-10(7)11/h3-4,6-7H,5H2,1-2H3,(H2,18,21)(H,19,20). The highest BCUT2D eigenvalue weighted by atomic mass is 35.5. The minimum Gasteiger partial charge on any atom is -0.365 e. The molecule has 0 saturated carbocycles. The van der Waals surface area contributed by atoms with Gasteiger partial charge in [-0.15, -0.1) is 11.3 Å². The lowest BCUT2D eigenvalue weighted by molar-refractivity contribution is -0.114. The van der Waals surface area contributed by atoms with Crippen molar-refractivity contribution in [2.75, 3.05) is 5.32 Å². The average molecular weight is 335 g/mol. The van der Waals surface area contributed by atoms with Crippen LogP contribution in [0.3, 0.4) is 0 Å². The van der Waals surface area contributed by atoms with Gasteiger partial charge < -0.3 is 11.1 Å². The normalized spacial score (nSPS) is 15.9. The Morgan fingerprint density at radius 3 is 2.77 bits per heavy atom. The van der Waals surface area contributed by atoms with Crippen LogP contribution in [-0.2, 0) is 11.2 Å². The second kappa shape index (κ2) is 5.41. The van der Waals surface area contributed by atoms with Gasteiger partial charge in [0.1, 0.15) is 5.00 Å². The largest absolute Gasteiger partial charge is 0.365 e. The molecule has 1 aromatic carbocycles. The van der Waals surface area contributed by atoms with Gasteiger partial charge in [-0.3, -0.25) is 9.59 Å². The molecule has 0 fully saturated rings. The highest BCUT2D eigenvalue weighted by molar-refractivity contribution is 7.20. The van der Waals surface area contributed by atoms with E-state index in [-0.39, 0.29) is 11.8 Å². The van der Waals surface area contributed by atoms with E-state index in [1.54, 1.807) is 0 Å². The zero-order valence-corrected chi connectivity index (χ0v) is 13.8. The quantitative estimate of drug-likeness (QED) is 0.877. The third-order valence-electron chi connectivity index (χ3n) is 3.84. The number of nitrogens with two attached hydrogens (primary N) is 1. The summed E-state index contributed by atoms with van der Waals surface area (Å²) in [5, 5.41) is 3.88. The van der Waals surface area contributed by atoms with Crippen LogP contribution in [0.4, 0.5) is 5.00 Å². The molecule has 0 saturated heterocycles. The van der Waals surface area contributed by atoms with Crippen LogP contribution in [0.2, 0.25) is 5.02 Å². The molecule has 6 heteroatoms. The number of halogens is 1. The van der Waals surface area contributed by atoms with Crippen LogP contribution in [0.5, 0.6) is 0 Å². The smallest absolute Gasteiger partial charge is 0.252 e. The van der Waals surface area contributed by atoms with Gasteiger partial charge >= 0.3 is 0 Å². The van der Waals surface area contributed by atoms with Crippen molar-refractivity contribution >= 4 is 39.8 Å². The van der Waals surface area contributed by atoms with Crippen molar-refractivity contribution in [3.05, 3.63) is 39.9 Å². The minimum absolute atomic E-state index is 0.222. The van der Waals surface area contributed by atoms with Crippen LogP contribution in [0.15, 0.2) is 18.2 Å². The minimum atomic E-state index is -0.515. The van der Waals surface area contributed by atoms with Gasteiger partial charge in [-0.2, -0.15) is 0 Å². The van der Waals surface area contributed by atoms with Crippen molar-refractivity contribution in [2.45, 2.75) is 26.2 Å². The summed E-state index contributed by atoms with van der Waals surface area (Å²) in [6.45, 7) is 3.52. The number of hydrogen-bond acceptors (Lipinski definition) is 3. The van der Waals surface area contributed by atoms with E-state index in [9.17, 15) is 9.59 Å². The van der Waals surface area contributed by atoms with Gasteiger partial charge in [0.05, 0.1) is 5.56 Å². The van der Waals surface area contributed by atoms with Crippen LogP contribution in [0.25, 0.3) is 10.4 Å². The number of nitrogens with one attached hydrogen (secondary N) is 1. The highest BCUT2D eigenvalue weighted by Gasteiger charge is 2.30. The Balaban J connectivity index is 2.26. The lowest BCUT2D eigenvalue weighted by Gasteiger charge is -2.23. The lowest BCUT2D eigenvalue weighted by Crippen LogP contribution is -2.18. The number of thiophene rings is 1. The number of anilines is 1. The van der Waals surface area contributed by atoms with Crippen LogP contribution >= 0.6 is 22.9 Å². The van der Waals surface area contributed by atoms with Crippen LogP contribution in [0.1, 0.15) is 41.3 Å². The van der Waals surface area contributed by atoms with E-state index >= 15 is 0 Å². The summed E-state index contributed by atoms with van der Waals surface area (Å²) < 4.78 is 0. The Morgan fingerprint density at radius 2 is 2.14 bits per heavy atom. The molecule has 0 aliphatic heterocycles. The van der Waals surface area contributed by atoms with Crippen molar-refractivity contribution in [3.63, 3.8) is 0 Å². The van der Waals surface area contributed by atoms with E-state index in [1.165, 1.54) is 23.8 Å². The van der Waals surface area contributed by atoms with Crippen molar-refractivity contribution in [1.82, 2.24) is 0 Å². The van der Waals surface area contributed by atoms with Crippen molar-refractivity contribution in [3.8, 4) is 10.4 Å². The summed E-state index contributed by atoms with van der Waals surface area (Å²) in [5.74, 6) is -0.475.